The van der Waals surface area contributed by atoms with Crippen molar-refractivity contribution in [1.82, 2.24) is 0 Å². The van der Waals surface area contributed by atoms with Gasteiger partial charge in [0.1, 0.15) is 0 Å². The number of aryl methyl sites for hydroxylation is 1. The first-order chi connectivity index (χ1) is 9.41. The minimum atomic E-state index is -0.238. The van der Waals surface area contributed by atoms with Gasteiger partial charge in [0.05, 0.1) is 15.7 Å². The minimum Gasteiger partial charge on any atom is -0.319 e. The lowest BCUT2D eigenvalue weighted by molar-refractivity contribution is 0.102. The largest absolute Gasteiger partial charge is 0.319 e. The highest BCUT2D eigenvalue weighted by Gasteiger charge is 2.15. The van der Waals surface area contributed by atoms with Crippen molar-refractivity contribution in [1.29, 1.82) is 0 Å². The van der Waals surface area contributed by atoms with Gasteiger partial charge in [0.2, 0.25) is 0 Å². The zero-order valence-electron chi connectivity index (χ0n) is 10.9. The lowest BCUT2D eigenvalue weighted by Crippen LogP contribution is -2.14. The van der Waals surface area contributed by atoms with Crippen molar-refractivity contribution in [3.8, 4) is 0 Å². The van der Waals surface area contributed by atoms with Crippen LogP contribution in [0.2, 0.25) is 10.0 Å². The molecule has 0 radical (unpaired) electrons. The van der Waals surface area contributed by atoms with Gasteiger partial charge in [0, 0.05) is 10.0 Å². The molecule has 5 heteroatoms. The third-order valence-electron chi connectivity index (χ3n) is 3.04. The van der Waals surface area contributed by atoms with Crippen LogP contribution < -0.4 is 5.32 Å². The third kappa shape index (κ3) is 3.00. The molecule has 0 fully saturated rings. The van der Waals surface area contributed by atoms with Crippen LogP contribution in [0.15, 0.2) is 34.8 Å². The zero-order chi connectivity index (χ0) is 14.9. The van der Waals surface area contributed by atoms with E-state index in [1.54, 1.807) is 12.1 Å². The highest BCUT2D eigenvalue weighted by atomic mass is 79.9. The second-order valence-electron chi connectivity index (χ2n) is 4.42. The van der Waals surface area contributed by atoms with Gasteiger partial charge in [0.25, 0.3) is 5.91 Å². The molecule has 0 saturated heterocycles. The number of carbonyl (C=O) groups excluding carboxylic acids is 1. The summed E-state index contributed by atoms with van der Waals surface area (Å²) in [5.41, 5.74) is 2.74. The average Bonchev–Trinajstić information content (AvgIpc) is 2.42. The Morgan fingerprint density at radius 3 is 2.55 bits per heavy atom. The highest BCUT2D eigenvalue weighted by Crippen LogP contribution is 2.33. The van der Waals surface area contributed by atoms with Gasteiger partial charge < -0.3 is 5.32 Å². The number of hydrogen-bond acceptors (Lipinski definition) is 1. The van der Waals surface area contributed by atoms with Crippen molar-refractivity contribution in [2.75, 3.05) is 5.32 Å². The molecule has 0 aliphatic rings. The third-order valence-corrected chi connectivity index (χ3v) is 4.70. The Morgan fingerprint density at radius 1 is 1.15 bits per heavy atom. The predicted molar refractivity (Wildman–Crippen MR) is 88.0 cm³/mol. The van der Waals surface area contributed by atoms with Crippen molar-refractivity contribution in [3.05, 3.63) is 61.5 Å². The maximum Gasteiger partial charge on any atom is 0.256 e. The minimum absolute atomic E-state index is 0.238. The number of carbonyl (C=O) groups is 1. The number of halogens is 3. The molecule has 2 nitrogen and oxygen atoms in total. The second kappa shape index (κ2) is 6.17. The van der Waals surface area contributed by atoms with E-state index in [4.69, 9.17) is 23.2 Å². The van der Waals surface area contributed by atoms with Gasteiger partial charge in [-0.1, -0.05) is 51.3 Å². The molecule has 0 bridgehead atoms. The number of amides is 1. The zero-order valence-corrected chi connectivity index (χ0v) is 14.0. The average molecular weight is 373 g/mol. The molecule has 0 spiro atoms. The van der Waals surface area contributed by atoms with Crippen LogP contribution in [0.25, 0.3) is 0 Å². The van der Waals surface area contributed by atoms with Crippen molar-refractivity contribution in [2.24, 2.45) is 0 Å². The molecule has 0 atom stereocenters. The van der Waals surface area contributed by atoms with Crippen LogP contribution in [-0.2, 0) is 0 Å². The summed E-state index contributed by atoms with van der Waals surface area (Å²) in [5, 5.41) is 3.66. The van der Waals surface area contributed by atoms with Crippen LogP contribution in [0.1, 0.15) is 21.5 Å². The van der Waals surface area contributed by atoms with E-state index >= 15 is 0 Å². The van der Waals surface area contributed by atoms with Gasteiger partial charge in [-0.25, -0.2) is 0 Å². The number of hydrogen-bond donors (Lipinski definition) is 1. The molecule has 104 valence electrons. The van der Waals surface area contributed by atoms with E-state index in [-0.39, 0.29) is 5.91 Å². The number of benzene rings is 2. The van der Waals surface area contributed by atoms with E-state index < -0.39 is 0 Å². The number of nitrogens with one attached hydrogen (secondary N) is 1. The van der Waals surface area contributed by atoms with Gasteiger partial charge >= 0.3 is 0 Å². The fourth-order valence-corrected chi connectivity index (χ4v) is 2.64. The topological polar surface area (TPSA) is 29.1 Å². The van der Waals surface area contributed by atoms with Crippen LogP contribution in [-0.4, -0.2) is 5.91 Å². The quantitative estimate of drug-likeness (QED) is 0.727. The van der Waals surface area contributed by atoms with E-state index in [0.29, 0.717) is 21.3 Å². The Balaban J connectivity index is 2.38. The summed E-state index contributed by atoms with van der Waals surface area (Å²) in [6, 6.07) is 8.98. The summed E-state index contributed by atoms with van der Waals surface area (Å²) >= 11 is 15.7. The van der Waals surface area contributed by atoms with Crippen LogP contribution in [0.5, 0.6) is 0 Å². The molecule has 20 heavy (non-hydrogen) atoms. The fraction of sp³-hybridized carbons (Fsp3) is 0.133. The molecular weight excluding hydrogens is 361 g/mol. The summed E-state index contributed by atoms with van der Waals surface area (Å²) in [7, 11) is 0. The molecule has 0 heterocycles. The molecule has 2 aromatic carbocycles. The SMILES string of the molecule is Cc1ccc(Cl)c(NC(=O)c2cccc(Br)c2C)c1Cl. The van der Waals surface area contributed by atoms with Gasteiger partial charge in [-0.05, 0) is 43.2 Å². The maximum atomic E-state index is 12.4. The molecule has 1 N–H and O–H groups in total. The smallest absolute Gasteiger partial charge is 0.256 e. The Hall–Kier alpha value is -1.03. The standard InChI is InChI=1S/C15H12BrCl2NO/c1-8-6-7-12(17)14(13(8)18)19-15(20)10-4-3-5-11(16)9(10)2/h3-7H,1-2H3,(H,19,20). The Bertz CT molecular complexity index is 686. The Kier molecular flexibility index (Phi) is 4.74. The number of anilines is 1. The summed E-state index contributed by atoms with van der Waals surface area (Å²) in [5.74, 6) is -0.238. The van der Waals surface area contributed by atoms with Crippen LogP contribution in [0.3, 0.4) is 0 Å². The van der Waals surface area contributed by atoms with Crippen LogP contribution in [0.4, 0.5) is 5.69 Å². The van der Waals surface area contributed by atoms with Crippen molar-refractivity contribution in [2.45, 2.75) is 13.8 Å². The van der Waals surface area contributed by atoms with Crippen molar-refractivity contribution in [3.63, 3.8) is 0 Å². The summed E-state index contributed by atoms with van der Waals surface area (Å²) in [4.78, 5) is 12.4. The molecular formula is C15H12BrCl2NO. The van der Waals surface area contributed by atoms with E-state index in [9.17, 15) is 4.79 Å². The first kappa shape index (κ1) is 15.4. The first-order valence-electron chi connectivity index (χ1n) is 5.93. The lowest BCUT2D eigenvalue weighted by Gasteiger charge is -2.12. The van der Waals surface area contributed by atoms with Gasteiger partial charge in [-0.2, -0.15) is 0 Å². The van der Waals surface area contributed by atoms with Crippen LogP contribution in [0, 0.1) is 13.8 Å². The molecule has 1 amide bonds. The molecule has 0 aliphatic carbocycles. The van der Waals surface area contributed by atoms with Gasteiger partial charge in [-0.15, -0.1) is 0 Å². The summed E-state index contributed by atoms with van der Waals surface area (Å²) < 4.78 is 0.881. The number of rotatable bonds is 2. The van der Waals surface area contributed by atoms with E-state index in [0.717, 1.165) is 15.6 Å². The van der Waals surface area contributed by atoms with Gasteiger partial charge in [0.15, 0.2) is 0 Å². The Labute approximate surface area is 136 Å². The van der Waals surface area contributed by atoms with Crippen molar-refractivity contribution < 1.29 is 4.79 Å². The van der Waals surface area contributed by atoms with Crippen molar-refractivity contribution >= 4 is 50.7 Å². The lowest BCUT2D eigenvalue weighted by atomic mass is 10.1. The maximum absolute atomic E-state index is 12.4. The first-order valence-corrected chi connectivity index (χ1v) is 7.47. The molecule has 2 rings (SSSR count). The molecule has 0 aliphatic heterocycles. The highest BCUT2D eigenvalue weighted by molar-refractivity contribution is 9.10. The van der Waals surface area contributed by atoms with E-state index in [1.165, 1.54) is 0 Å². The summed E-state index contributed by atoms with van der Waals surface area (Å²) in [6.07, 6.45) is 0. The molecule has 2 aromatic rings. The van der Waals surface area contributed by atoms with E-state index in [1.807, 2.05) is 32.0 Å². The van der Waals surface area contributed by atoms with E-state index in [2.05, 4.69) is 21.2 Å². The van der Waals surface area contributed by atoms with Crippen LogP contribution >= 0.6 is 39.1 Å². The second-order valence-corrected chi connectivity index (χ2v) is 6.06. The molecule has 0 saturated carbocycles. The Morgan fingerprint density at radius 2 is 1.85 bits per heavy atom. The monoisotopic (exact) mass is 371 g/mol. The molecule has 0 unspecified atom stereocenters. The predicted octanol–water partition coefficient (Wildman–Crippen LogP) is 5.63. The fourth-order valence-electron chi connectivity index (χ4n) is 1.81. The van der Waals surface area contributed by atoms with Gasteiger partial charge in [-0.3, -0.25) is 4.79 Å². The normalized spacial score (nSPS) is 10.4. The summed E-state index contributed by atoms with van der Waals surface area (Å²) in [6.45, 7) is 3.73. The molecule has 0 aromatic heterocycles.